The van der Waals surface area contributed by atoms with E-state index >= 15 is 0 Å². The molecule has 1 aromatic carbocycles. The standard InChI is InChI=1S/C16H21NS/c1-11(2)13-6-5-7-14(10-13)16-9-8-15(18-16)12(3)17-4/h5-12,17H,1-4H3. The highest BCUT2D eigenvalue weighted by molar-refractivity contribution is 7.15. The van der Waals surface area contributed by atoms with Gasteiger partial charge in [-0.3, -0.25) is 0 Å². The molecule has 1 atom stereocenters. The zero-order valence-corrected chi connectivity index (χ0v) is 12.3. The van der Waals surface area contributed by atoms with Crippen LogP contribution in [0, 0.1) is 0 Å². The van der Waals surface area contributed by atoms with E-state index in [9.17, 15) is 0 Å². The van der Waals surface area contributed by atoms with Gasteiger partial charge in [0.1, 0.15) is 0 Å². The molecular formula is C16H21NS. The Kier molecular flexibility index (Phi) is 4.20. The van der Waals surface area contributed by atoms with Gasteiger partial charge in [0.15, 0.2) is 0 Å². The topological polar surface area (TPSA) is 12.0 Å². The molecule has 0 bridgehead atoms. The second kappa shape index (κ2) is 5.68. The summed E-state index contributed by atoms with van der Waals surface area (Å²) in [5, 5.41) is 3.29. The van der Waals surface area contributed by atoms with Crippen LogP contribution >= 0.6 is 11.3 Å². The average Bonchev–Trinajstić information content (AvgIpc) is 2.87. The van der Waals surface area contributed by atoms with E-state index in [0.717, 1.165) is 0 Å². The SMILES string of the molecule is CNC(C)c1ccc(-c2cccc(C(C)C)c2)s1. The van der Waals surface area contributed by atoms with E-state index in [1.165, 1.54) is 20.9 Å². The molecule has 0 aliphatic rings. The van der Waals surface area contributed by atoms with E-state index in [2.05, 4.69) is 62.5 Å². The van der Waals surface area contributed by atoms with Crippen molar-refractivity contribution in [3.8, 4) is 10.4 Å². The van der Waals surface area contributed by atoms with E-state index in [1.54, 1.807) is 0 Å². The Morgan fingerprint density at radius 3 is 2.50 bits per heavy atom. The number of thiophene rings is 1. The summed E-state index contributed by atoms with van der Waals surface area (Å²) in [5.41, 5.74) is 2.74. The first-order valence-corrected chi connectivity index (χ1v) is 7.30. The normalized spacial score (nSPS) is 12.9. The highest BCUT2D eigenvalue weighted by Gasteiger charge is 2.08. The summed E-state index contributed by atoms with van der Waals surface area (Å²) in [6, 6.07) is 13.8. The minimum Gasteiger partial charge on any atom is -0.313 e. The van der Waals surface area contributed by atoms with Gasteiger partial charge in [0, 0.05) is 15.8 Å². The molecule has 2 aromatic rings. The van der Waals surface area contributed by atoms with Gasteiger partial charge in [-0.05, 0) is 43.1 Å². The van der Waals surface area contributed by atoms with Gasteiger partial charge in [-0.15, -0.1) is 11.3 Å². The monoisotopic (exact) mass is 259 g/mol. The van der Waals surface area contributed by atoms with Crippen LogP contribution in [0.4, 0.5) is 0 Å². The fraction of sp³-hybridized carbons (Fsp3) is 0.375. The number of hydrogen-bond acceptors (Lipinski definition) is 2. The molecule has 2 heteroatoms. The van der Waals surface area contributed by atoms with Crippen LogP contribution < -0.4 is 5.32 Å². The van der Waals surface area contributed by atoms with Gasteiger partial charge in [-0.1, -0.05) is 38.1 Å². The Labute approximate surface area is 114 Å². The fourth-order valence-corrected chi connectivity index (χ4v) is 3.00. The lowest BCUT2D eigenvalue weighted by atomic mass is 10.0. The van der Waals surface area contributed by atoms with Crippen LogP contribution in [0.3, 0.4) is 0 Å². The lowest BCUT2D eigenvalue weighted by Gasteiger charge is -2.08. The summed E-state index contributed by atoms with van der Waals surface area (Å²) in [7, 11) is 2.00. The molecule has 18 heavy (non-hydrogen) atoms. The molecule has 2 rings (SSSR count). The number of benzene rings is 1. The van der Waals surface area contributed by atoms with E-state index in [0.29, 0.717) is 12.0 Å². The first kappa shape index (κ1) is 13.3. The molecule has 0 amide bonds. The first-order chi connectivity index (χ1) is 8.61. The first-order valence-electron chi connectivity index (χ1n) is 6.49. The quantitative estimate of drug-likeness (QED) is 0.830. The molecule has 0 spiro atoms. The molecule has 0 saturated heterocycles. The Bertz CT molecular complexity index is 513. The van der Waals surface area contributed by atoms with Crippen molar-refractivity contribution in [3.63, 3.8) is 0 Å². The van der Waals surface area contributed by atoms with Crippen molar-refractivity contribution in [1.82, 2.24) is 5.32 Å². The molecule has 0 aliphatic heterocycles. The molecule has 0 radical (unpaired) electrons. The van der Waals surface area contributed by atoms with E-state index in [1.807, 2.05) is 18.4 Å². The second-order valence-electron chi connectivity index (χ2n) is 4.99. The third-order valence-electron chi connectivity index (χ3n) is 3.32. The van der Waals surface area contributed by atoms with E-state index in [-0.39, 0.29) is 0 Å². The average molecular weight is 259 g/mol. The van der Waals surface area contributed by atoms with Crippen LogP contribution in [0.5, 0.6) is 0 Å². The summed E-state index contributed by atoms with van der Waals surface area (Å²) in [6.45, 7) is 6.67. The maximum atomic E-state index is 3.29. The summed E-state index contributed by atoms with van der Waals surface area (Å²) < 4.78 is 0. The number of hydrogen-bond donors (Lipinski definition) is 1. The van der Waals surface area contributed by atoms with Gasteiger partial charge in [0.25, 0.3) is 0 Å². The van der Waals surface area contributed by atoms with Crippen LogP contribution in [0.1, 0.15) is 43.2 Å². The predicted molar refractivity (Wildman–Crippen MR) is 81.3 cm³/mol. The molecule has 1 N–H and O–H groups in total. The Morgan fingerprint density at radius 2 is 1.83 bits per heavy atom. The summed E-state index contributed by atoms with van der Waals surface area (Å²) in [4.78, 5) is 2.75. The van der Waals surface area contributed by atoms with Gasteiger partial charge in [-0.25, -0.2) is 0 Å². The van der Waals surface area contributed by atoms with Crippen LogP contribution in [0.2, 0.25) is 0 Å². The minimum atomic E-state index is 0.428. The Morgan fingerprint density at radius 1 is 1.06 bits per heavy atom. The third-order valence-corrected chi connectivity index (χ3v) is 4.64. The zero-order chi connectivity index (χ0) is 13.1. The molecule has 1 nitrogen and oxygen atoms in total. The van der Waals surface area contributed by atoms with Gasteiger partial charge in [0.2, 0.25) is 0 Å². The van der Waals surface area contributed by atoms with Gasteiger partial charge in [-0.2, -0.15) is 0 Å². The van der Waals surface area contributed by atoms with Crippen molar-refractivity contribution in [2.24, 2.45) is 0 Å². The second-order valence-corrected chi connectivity index (χ2v) is 6.11. The highest BCUT2D eigenvalue weighted by Crippen LogP contribution is 2.32. The predicted octanol–water partition coefficient (Wildman–Crippen LogP) is 4.82. The van der Waals surface area contributed by atoms with Gasteiger partial charge < -0.3 is 5.32 Å². The van der Waals surface area contributed by atoms with Gasteiger partial charge >= 0.3 is 0 Å². The van der Waals surface area contributed by atoms with Crippen molar-refractivity contribution in [3.05, 3.63) is 46.8 Å². The van der Waals surface area contributed by atoms with Crippen molar-refractivity contribution in [1.29, 1.82) is 0 Å². The molecule has 0 aliphatic carbocycles. The third kappa shape index (κ3) is 2.82. The fourth-order valence-electron chi connectivity index (χ4n) is 1.93. The Hall–Kier alpha value is -1.12. The van der Waals surface area contributed by atoms with Crippen LogP contribution in [-0.4, -0.2) is 7.05 Å². The maximum Gasteiger partial charge on any atom is 0.0383 e. The van der Waals surface area contributed by atoms with Crippen molar-refractivity contribution in [2.75, 3.05) is 7.05 Å². The molecule has 1 heterocycles. The molecule has 1 aromatic heterocycles. The van der Waals surface area contributed by atoms with Crippen molar-refractivity contribution < 1.29 is 0 Å². The molecular weight excluding hydrogens is 238 g/mol. The molecule has 0 fully saturated rings. The molecule has 0 saturated carbocycles. The Balaban J connectivity index is 2.31. The lowest BCUT2D eigenvalue weighted by molar-refractivity contribution is 0.664. The van der Waals surface area contributed by atoms with Gasteiger partial charge in [0.05, 0.1) is 0 Å². The van der Waals surface area contributed by atoms with Crippen LogP contribution in [0.25, 0.3) is 10.4 Å². The summed E-state index contributed by atoms with van der Waals surface area (Å²) in [6.07, 6.45) is 0. The molecule has 1 unspecified atom stereocenters. The van der Waals surface area contributed by atoms with Crippen molar-refractivity contribution in [2.45, 2.75) is 32.7 Å². The summed E-state index contributed by atoms with van der Waals surface area (Å²) >= 11 is 1.88. The number of nitrogens with one attached hydrogen (secondary N) is 1. The maximum absolute atomic E-state index is 3.29. The minimum absolute atomic E-state index is 0.428. The van der Waals surface area contributed by atoms with Crippen molar-refractivity contribution >= 4 is 11.3 Å². The largest absolute Gasteiger partial charge is 0.313 e. The van der Waals surface area contributed by atoms with E-state index < -0.39 is 0 Å². The lowest BCUT2D eigenvalue weighted by Crippen LogP contribution is -2.10. The summed E-state index contributed by atoms with van der Waals surface area (Å²) in [5.74, 6) is 0.584. The highest BCUT2D eigenvalue weighted by atomic mass is 32.1. The molecule has 96 valence electrons. The van der Waals surface area contributed by atoms with E-state index in [4.69, 9.17) is 0 Å². The van der Waals surface area contributed by atoms with Crippen LogP contribution in [0.15, 0.2) is 36.4 Å². The zero-order valence-electron chi connectivity index (χ0n) is 11.5. The smallest absolute Gasteiger partial charge is 0.0383 e. The van der Waals surface area contributed by atoms with Crippen LogP contribution in [-0.2, 0) is 0 Å². The number of rotatable bonds is 4.